The average molecular weight is 366 g/mol. The van der Waals surface area contributed by atoms with Gasteiger partial charge in [-0.3, -0.25) is 0 Å². The zero-order valence-electron chi connectivity index (χ0n) is 12.5. The van der Waals surface area contributed by atoms with Crippen molar-refractivity contribution in [2.24, 2.45) is 0 Å². The van der Waals surface area contributed by atoms with E-state index >= 15 is 0 Å². The summed E-state index contributed by atoms with van der Waals surface area (Å²) in [6, 6.07) is 14.7. The van der Waals surface area contributed by atoms with E-state index in [1.807, 2.05) is 30.3 Å². The molecule has 0 unspecified atom stereocenters. The van der Waals surface area contributed by atoms with Gasteiger partial charge in [0.15, 0.2) is 0 Å². The van der Waals surface area contributed by atoms with Crippen LogP contribution in [-0.2, 0) is 6.54 Å². The second kappa shape index (κ2) is 7.87. The highest BCUT2D eigenvalue weighted by molar-refractivity contribution is 9.10. The highest BCUT2D eigenvalue weighted by Crippen LogP contribution is 2.33. The zero-order chi connectivity index (χ0) is 15.2. The summed E-state index contributed by atoms with van der Waals surface area (Å²) in [5, 5.41) is 3.44. The van der Waals surface area contributed by atoms with Crippen molar-refractivity contribution in [3.63, 3.8) is 0 Å². The first-order chi connectivity index (χ1) is 10.1. The lowest BCUT2D eigenvalue weighted by molar-refractivity contribution is 0.459. The van der Waals surface area contributed by atoms with Gasteiger partial charge < -0.3 is 10.1 Å². The van der Waals surface area contributed by atoms with Gasteiger partial charge in [-0.1, -0.05) is 41.9 Å². The van der Waals surface area contributed by atoms with Crippen molar-refractivity contribution < 1.29 is 4.74 Å². The predicted octanol–water partition coefficient (Wildman–Crippen LogP) is 5.46. The maximum Gasteiger partial charge on any atom is 0.140 e. The van der Waals surface area contributed by atoms with Crippen LogP contribution in [0.25, 0.3) is 0 Å². The number of hydrogen-bond donors (Lipinski definition) is 1. The van der Waals surface area contributed by atoms with Gasteiger partial charge >= 0.3 is 0 Å². The number of nitrogens with one attached hydrogen (secondary N) is 1. The Morgan fingerprint density at radius 1 is 1.14 bits per heavy atom. The van der Waals surface area contributed by atoms with Crippen molar-refractivity contribution in [2.45, 2.75) is 31.3 Å². The number of thioether (sulfide) groups is 1. The minimum absolute atomic E-state index is 0.440. The van der Waals surface area contributed by atoms with Crippen LogP contribution in [0.15, 0.2) is 51.8 Å². The predicted molar refractivity (Wildman–Crippen MR) is 94.4 cm³/mol. The molecule has 2 rings (SSSR count). The van der Waals surface area contributed by atoms with Crippen molar-refractivity contribution >= 4 is 27.7 Å². The third-order valence-corrected chi connectivity index (χ3v) is 4.28. The Morgan fingerprint density at radius 2 is 1.90 bits per heavy atom. The van der Waals surface area contributed by atoms with Crippen LogP contribution >= 0.6 is 27.7 Å². The Morgan fingerprint density at radius 3 is 2.62 bits per heavy atom. The van der Waals surface area contributed by atoms with Crippen LogP contribution in [0.4, 0.5) is 0 Å². The van der Waals surface area contributed by atoms with Gasteiger partial charge in [0.2, 0.25) is 0 Å². The van der Waals surface area contributed by atoms with Crippen molar-refractivity contribution in [3.8, 4) is 11.5 Å². The summed E-state index contributed by atoms with van der Waals surface area (Å²) in [4.78, 5) is 1.14. The van der Waals surface area contributed by atoms with E-state index in [0.717, 1.165) is 33.0 Å². The monoisotopic (exact) mass is 365 g/mol. The van der Waals surface area contributed by atoms with E-state index in [1.165, 1.54) is 0 Å². The standard InChI is InChI=1S/C17H20BrNOS/c1-12(2)19-11-13-10-14(18)8-9-15(13)20-16-6-4-5-7-17(16)21-3/h4-10,12,19H,11H2,1-3H3. The molecule has 0 aliphatic heterocycles. The van der Waals surface area contributed by atoms with Crippen molar-refractivity contribution in [2.75, 3.05) is 6.26 Å². The quantitative estimate of drug-likeness (QED) is 0.686. The zero-order valence-corrected chi connectivity index (χ0v) is 14.9. The summed E-state index contributed by atoms with van der Waals surface area (Å²) in [7, 11) is 0. The van der Waals surface area contributed by atoms with Gasteiger partial charge in [0, 0.05) is 27.5 Å². The molecule has 0 aliphatic rings. The summed E-state index contributed by atoms with van der Waals surface area (Å²) in [5.41, 5.74) is 1.15. The molecule has 4 heteroatoms. The molecule has 0 amide bonds. The van der Waals surface area contributed by atoms with Crippen molar-refractivity contribution in [3.05, 3.63) is 52.5 Å². The van der Waals surface area contributed by atoms with E-state index in [-0.39, 0.29) is 0 Å². The van der Waals surface area contributed by atoms with Gasteiger partial charge in [0.05, 0.1) is 0 Å². The molecule has 0 saturated heterocycles. The molecule has 0 saturated carbocycles. The van der Waals surface area contributed by atoms with E-state index in [1.54, 1.807) is 11.8 Å². The molecule has 0 fully saturated rings. The highest BCUT2D eigenvalue weighted by atomic mass is 79.9. The SMILES string of the molecule is CSc1ccccc1Oc1ccc(Br)cc1CNC(C)C. The Kier molecular flexibility index (Phi) is 6.15. The van der Waals surface area contributed by atoms with Crippen molar-refractivity contribution in [1.29, 1.82) is 0 Å². The lowest BCUT2D eigenvalue weighted by Gasteiger charge is -2.15. The Labute approximate surface area is 139 Å². The smallest absolute Gasteiger partial charge is 0.140 e. The van der Waals surface area contributed by atoms with Gasteiger partial charge in [-0.25, -0.2) is 0 Å². The molecule has 2 aromatic rings. The normalized spacial score (nSPS) is 10.9. The maximum atomic E-state index is 6.14. The second-order valence-electron chi connectivity index (χ2n) is 5.04. The Bertz CT molecular complexity index is 601. The summed E-state index contributed by atoms with van der Waals surface area (Å²) in [5.74, 6) is 1.80. The number of ether oxygens (including phenoxy) is 1. The van der Waals surface area contributed by atoms with Crippen LogP contribution < -0.4 is 10.1 Å². The van der Waals surface area contributed by atoms with Gasteiger partial charge in [0.1, 0.15) is 11.5 Å². The molecule has 0 aliphatic carbocycles. The summed E-state index contributed by atoms with van der Waals surface area (Å²) < 4.78 is 7.20. The molecule has 1 N–H and O–H groups in total. The molecule has 112 valence electrons. The molecular formula is C17H20BrNOS. The molecule has 2 nitrogen and oxygen atoms in total. The van der Waals surface area contributed by atoms with Gasteiger partial charge in [-0.05, 0) is 36.6 Å². The van der Waals surface area contributed by atoms with Crippen LogP contribution in [0.1, 0.15) is 19.4 Å². The molecular weight excluding hydrogens is 346 g/mol. The highest BCUT2D eigenvalue weighted by Gasteiger charge is 2.09. The largest absolute Gasteiger partial charge is 0.456 e. The number of halogens is 1. The molecule has 21 heavy (non-hydrogen) atoms. The second-order valence-corrected chi connectivity index (χ2v) is 6.80. The summed E-state index contributed by atoms with van der Waals surface area (Å²) in [6.07, 6.45) is 2.06. The maximum absolute atomic E-state index is 6.14. The lowest BCUT2D eigenvalue weighted by Crippen LogP contribution is -2.22. The number of rotatable bonds is 6. The first kappa shape index (κ1) is 16.4. The molecule has 0 radical (unpaired) electrons. The molecule has 2 aromatic carbocycles. The third-order valence-electron chi connectivity index (χ3n) is 3.01. The molecule has 0 bridgehead atoms. The number of para-hydroxylation sites is 1. The fourth-order valence-corrected chi connectivity index (χ4v) is 2.86. The van der Waals surface area contributed by atoms with E-state index in [9.17, 15) is 0 Å². The average Bonchev–Trinajstić information content (AvgIpc) is 2.48. The minimum atomic E-state index is 0.440. The van der Waals surface area contributed by atoms with Gasteiger partial charge in [-0.2, -0.15) is 0 Å². The van der Waals surface area contributed by atoms with Crippen LogP contribution in [-0.4, -0.2) is 12.3 Å². The van der Waals surface area contributed by atoms with Gasteiger partial charge in [-0.15, -0.1) is 11.8 Å². The van der Waals surface area contributed by atoms with E-state index in [0.29, 0.717) is 6.04 Å². The van der Waals surface area contributed by atoms with Crippen LogP contribution in [0.3, 0.4) is 0 Å². The molecule has 0 spiro atoms. The van der Waals surface area contributed by atoms with E-state index < -0.39 is 0 Å². The van der Waals surface area contributed by atoms with Crippen LogP contribution in [0.2, 0.25) is 0 Å². The van der Waals surface area contributed by atoms with E-state index in [2.05, 4.69) is 53.5 Å². The minimum Gasteiger partial charge on any atom is -0.456 e. The summed E-state index contributed by atoms with van der Waals surface area (Å²) in [6.45, 7) is 5.07. The fraction of sp³-hybridized carbons (Fsp3) is 0.294. The molecule has 0 heterocycles. The Balaban J connectivity index is 2.26. The fourth-order valence-electron chi connectivity index (χ4n) is 1.92. The number of hydrogen-bond acceptors (Lipinski definition) is 3. The Hall–Kier alpha value is -0.970. The molecule has 0 aromatic heterocycles. The van der Waals surface area contributed by atoms with Crippen LogP contribution in [0.5, 0.6) is 11.5 Å². The first-order valence-corrected chi connectivity index (χ1v) is 8.94. The molecule has 0 atom stereocenters. The van der Waals surface area contributed by atoms with Crippen molar-refractivity contribution in [1.82, 2.24) is 5.32 Å². The summed E-state index contributed by atoms with van der Waals surface area (Å²) >= 11 is 5.22. The lowest BCUT2D eigenvalue weighted by atomic mass is 10.2. The van der Waals surface area contributed by atoms with E-state index in [4.69, 9.17) is 4.74 Å². The first-order valence-electron chi connectivity index (χ1n) is 6.93. The number of benzene rings is 2. The third kappa shape index (κ3) is 4.77. The van der Waals surface area contributed by atoms with Crippen LogP contribution in [0, 0.1) is 0 Å². The topological polar surface area (TPSA) is 21.3 Å². The van der Waals surface area contributed by atoms with Gasteiger partial charge in [0.25, 0.3) is 0 Å².